The lowest BCUT2D eigenvalue weighted by molar-refractivity contribution is 0.157. The Kier molecular flexibility index (Phi) is 5.72. The Morgan fingerprint density at radius 3 is 2.88 bits per heavy atom. The number of hydrazine groups is 1. The number of aromatic nitrogens is 2. The van der Waals surface area contributed by atoms with Gasteiger partial charge in [-0.1, -0.05) is 11.6 Å². The molecule has 0 saturated carbocycles. The van der Waals surface area contributed by atoms with Gasteiger partial charge >= 0.3 is 0 Å². The number of halogens is 1. The van der Waals surface area contributed by atoms with E-state index in [4.69, 9.17) is 26.9 Å². The summed E-state index contributed by atoms with van der Waals surface area (Å²) in [4.78, 5) is 0. The smallest absolute Gasteiger partial charge is 0.0877 e. The molecule has 0 fully saturated rings. The molecule has 0 amide bonds. The third-order valence-electron chi connectivity index (χ3n) is 2.21. The largest absolute Gasteiger partial charge is 0.383 e. The van der Waals surface area contributed by atoms with Crippen molar-refractivity contribution in [1.82, 2.24) is 15.2 Å². The summed E-state index contributed by atoms with van der Waals surface area (Å²) in [5.41, 5.74) is 3.46. The lowest BCUT2D eigenvalue weighted by Crippen LogP contribution is -2.33. The monoisotopic (exact) mass is 248 g/mol. The summed E-state index contributed by atoms with van der Waals surface area (Å²) >= 11 is 6.06. The second-order valence-electron chi connectivity index (χ2n) is 3.27. The standard InChI is InChI=1S/C9H17ClN4O2/c1-15-4-3-14-9(7(10)5-12-14)8(13-11)6-16-2/h5,8,13H,3-4,6,11H2,1-2H3. The normalized spacial score (nSPS) is 13.0. The predicted molar refractivity (Wildman–Crippen MR) is 61.1 cm³/mol. The first kappa shape index (κ1) is 13.4. The van der Waals surface area contributed by atoms with Gasteiger partial charge < -0.3 is 9.47 Å². The molecule has 1 atom stereocenters. The number of nitrogens with zero attached hydrogens (tertiary/aromatic N) is 2. The van der Waals surface area contributed by atoms with E-state index in [0.29, 0.717) is 24.8 Å². The SMILES string of the molecule is COCCn1ncc(Cl)c1C(COC)NN. The number of nitrogens with two attached hydrogens (primary N) is 1. The van der Waals surface area contributed by atoms with E-state index in [9.17, 15) is 0 Å². The van der Waals surface area contributed by atoms with Gasteiger partial charge in [0.05, 0.1) is 42.7 Å². The molecule has 92 valence electrons. The highest BCUT2D eigenvalue weighted by Gasteiger charge is 2.19. The molecule has 0 aliphatic rings. The molecule has 0 aromatic carbocycles. The average Bonchev–Trinajstić information content (AvgIpc) is 2.65. The minimum Gasteiger partial charge on any atom is -0.383 e. The topological polar surface area (TPSA) is 74.3 Å². The molecule has 3 N–H and O–H groups in total. The third kappa shape index (κ3) is 3.16. The highest BCUT2D eigenvalue weighted by Crippen LogP contribution is 2.22. The minimum atomic E-state index is -0.183. The molecule has 0 saturated heterocycles. The zero-order valence-electron chi connectivity index (χ0n) is 9.44. The van der Waals surface area contributed by atoms with Gasteiger partial charge in [0.2, 0.25) is 0 Å². The second kappa shape index (κ2) is 6.82. The maximum atomic E-state index is 6.06. The van der Waals surface area contributed by atoms with E-state index < -0.39 is 0 Å². The number of ether oxygens (including phenoxy) is 2. The maximum Gasteiger partial charge on any atom is 0.0877 e. The molecule has 0 spiro atoms. The Labute approximate surface area is 99.6 Å². The Morgan fingerprint density at radius 1 is 1.56 bits per heavy atom. The van der Waals surface area contributed by atoms with Crippen molar-refractivity contribution in [2.45, 2.75) is 12.6 Å². The van der Waals surface area contributed by atoms with Gasteiger partial charge in [-0.3, -0.25) is 10.5 Å². The van der Waals surface area contributed by atoms with Crippen LogP contribution in [0.5, 0.6) is 0 Å². The lowest BCUT2D eigenvalue weighted by atomic mass is 10.2. The van der Waals surface area contributed by atoms with Gasteiger partial charge in [0.15, 0.2) is 0 Å². The highest BCUT2D eigenvalue weighted by atomic mass is 35.5. The number of nitrogens with one attached hydrogen (secondary N) is 1. The van der Waals surface area contributed by atoms with E-state index in [-0.39, 0.29) is 6.04 Å². The summed E-state index contributed by atoms with van der Waals surface area (Å²) < 4.78 is 11.8. The first-order chi connectivity index (χ1) is 7.74. The summed E-state index contributed by atoms with van der Waals surface area (Å²) in [7, 11) is 3.24. The van der Waals surface area contributed by atoms with Crippen LogP contribution in [0.25, 0.3) is 0 Å². The van der Waals surface area contributed by atoms with Gasteiger partial charge in [-0.15, -0.1) is 0 Å². The van der Waals surface area contributed by atoms with Crippen molar-refractivity contribution in [3.05, 3.63) is 16.9 Å². The average molecular weight is 249 g/mol. The van der Waals surface area contributed by atoms with Crippen LogP contribution in [0.2, 0.25) is 5.02 Å². The fourth-order valence-electron chi connectivity index (χ4n) is 1.45. The molecule has 1 aromatic heterocycles. The molecule has 1 unspecified atom stereocenters. The summed E-state index contributed by atoms with van der Waals surface area (Å²) in [5.74, 6) is 5.46. The fraction of sp³-hybridized carbons (Fsp3) is 0.667. The maximum absolute atomic E-state index is 6.06. The van der Waals surface area contributed by atoms with E-state index in [1.807, 2.05) is 0 Å². The van der Waals surface area contributed by atoms with Gasteiger partial charge in [-0.25, -0.2) is 5.43 Å². The van der Waals surface area contributed by atoms with Crippen molar-refractivity contribution >= 4 is 11.6 Å². The molecule has 0 aliphatic carbocycles. The van der Waals surface area contributed by atoms with E-state index in [2.05, 4.69) is 10.5 Å². The van der Waals surface area contributed by atoms with Crippen LogP contribution in [0.15, 0.2) is 6.20 Å². The molecule has 16 heavy (non-hydrogen) atoms. The van der Waals surface area contributed by atoms with E-state index in [1.165, 1.54) is 0 Å². The molecule has 0 bridgehead atoms. The molecule has 0 aliphatic heterocycles. The second-order valence-corrected chi connectivity index (χ2v) is 3.68. The Morgan fingerprint density at radius 2 is 2.31 bits per heavy atom. The van der Waals surface area contributed by atoms with Crippen LogP contribution < -0.4 is 11.3 Å². The van der Waals surface area contributed by atoms with Crippen LogP contribution in [-0.2, 0) is 16.0 Å². The van der Waals surface area contributed by atoms with Crippen molar-refractivity contribution in [3.63, 3.8) is 0 Å². The van der Waals surface area contributed by atoms with Crippen LogP contribution in [0, 0.1) is 0 Å². The first-order valence-corrected chi connectivity index (χ1v) is 5.27. The van der Waals surface area contributed by atoms with Crippen LogP contribution >= 0.6 is 11.6 Å². The Hall–Kier alpha value is -0.660. The third-order valence-corrected chi connectivity index (χ3v) is 2.50. The number of rotatable bonds is 7. The molecule has 7 heteroatoms. The number of hydrogen-bond donors (Lipinski definition) is 2. The molecule has 1 heterocycles. The molecule has 0 radical (unpaired) electrons. The summed E-state index contributed by atoms with van der Waals surface area (Å²) in [6.45, 7) is 1.62. The fourth-order valence-corrected chi connectivity index (χ4v) is 1.72. The van der Waals surface area contributed by atoms with Crippen molar-refractivity contribution in [1.29, 1.82) is 0 Å². The van der Waals surface area contributed by atoms with E-state index in [0.717, 1.165) is 5.69 Å². The van der Waals surface area contributed by atoms with E-state index >= 15 is 0 Å². The molecule has 6 nitrogen and oxygen atoms in total. The zero-order valence-corrected chi connectivity index (χ0v) is 10.2. The van der Waals surface area contributed by atoms with Crippen molar-refractivity contribution in [2.24, 2.45) is 5.84 Å². The van der Waals surface area contributed by atoms with Gasteiger partial charge in [0.1, 0.15) is 0 Å². The van der Waals surface area contributed by atoms with Crippen LogP contribution in [-0.4, -0.2) is 37.2 Å². The van der Waals surface area contributed by atoms with Crippen LogP contribution in [0.4, 0.5) is 0 Å². The Bertz CT molecular complexity index is 318. The molecular formula is C9H17ClN4O2. The van der Waals surface area contributed by atoms with Gasteiger partial charge in [-0.05, 0) is 0 Å². The quantitative estimate of drug-likeness (QED) is 0.538. The zero-order chi connectivity index (χ0) is 12.0. The van der Waals surface area contributed by atoms with Crippen LogP contribution in [0.3, 0.4) is 0 Å². The molecule has 1 rings (SSSR count). The lowest BCUT2D eigenvalue weighted by Gasteiger charge is -2.17. The molecule has 1 aromatic rings. The van der Waals surface area contributed by atoms with E-state index in [1.54, 1.807) is 25.1 Å². The van der Waals surface area contributed by atoms with Gasteiger partial charge in [-0.2, -0.15) is 5.10 Å². The van der Waals surface area contributed by atoms with Crippen molar-refractivity contribution in [3.8, 4) is 0 Å². The first-order valence-electron chi connectivity index (χ1n) is 4.89. The summed E-state index contributed by atoms with van der Waals surface area (Å²) in [6.07, 6.45) is 1.59. The van der Waals surface area contributed by atoms with Gasteiger partial charge in [0, 0.05) is 14.2 Å². The van der Waals surface area contributed by atoms with Gasteiger partial charge in [0.25, 0.3) is 0 Å². The minimum absolute atomic E-state index is 0.183. The number of hydrogen-bond acceptors (Lipinski definition) is 5. The summed E-state index contributed by atoms with van der Waals surface area (Å²) in [5, 5.41) is 4.72. The van der Waals surface area contributed by atoms with Crippen molar-refractivity contribution < 1.29 is 9.47 Å². The summed E-state index contributed by atoms with van der Waals surface area (Å²) in [6, 6.07) is -0.183. The van der Waals surface area contributed by atoms with Crippen molar-refractivity contribution in [2.75, 3.05) is 27.4 Å². The highest BCUT2D eigenvalue weighted by molar-refractivity contribution is 6.31. The predicted octanol–water partition coefficient (Wildman–Crippen LogP) is 0.334. The Balaban J connectivity index is 2.85. The number of methoxy groups -OCH3 is 2. The molecular weight excluding hydrogens is 232 g/mol. The van der Waals surface area contributed by atoms with Crippen LogP contribution in [0.1, 0.15) is 11.7 Å².